The van der Waals surface area contributed by atoms with Crippen LogP contribution < -0.4 is 5.32 Å². The van der Waals surface area contributed by atoms with Crippen molar-refractivity contribution >= 4 is 0 Å². The fourth-order valence-electron chi connectivity index (χ4n) is 1.50. The van der Waals surface area contributed by atoms with E-state index >= 15 is 0 Å². The van der Waals surface area contributed by atoms with Gasteiger partial charge in [-0.1, -0.05) is 0 Å². The number of furan rings is 1. The SMILES string of the molecule is Cc1nccc(CNC(C)c2ccco2)n1. The lowest BCUT2D eigenvalue weighted by Crippen LogP contribution is -2.18. The summed E-state index contributed by atoms with van der Waals surface area (Å²) in [5.41, 5.74) is 0.992. The quantitative estimate of drug-likeness (QED) is 0.853. The van der Waals surface area contributed by atoms with Gasteiger partial charge in [0.2, 0.25) is 0 Å². The summed E-state index contributed by atoms with van der Waals surface area (Å²) in [6.07, 6.45) is 3.46. The highest BCUT2D eigenvalue weighted by atomic mass is 16.3. The van der Waals surface area contributed by atoms with Crippen molar-refractivity contribution in [2.75, 3.05) is 0 Å². The monoisotopic (exact) mass is 217 g/mol. The van der Waals surface area contributed by atoms with Crippen molar-refractivity contribution in [3.63, 3.8) is 0 Å². The highest BCUT2D eigenvalue weighted by molar-refractivity contribution is 5.05. The molecule has 2 aromatic rings. The fraction of sp³-hybridized carbons (Fsp3) is 0.333. The van der Waals surface area contributed by atoms with Gasteiger partial charge in [-0.05, 0) is 32.0 Å². The van der Waals surface area contributed by atoms with Gasteiger partial charge in [0.05, 0.1) is 18.0 Å². The number of hydrogen-bond donors (Lipinski definition) is 1. The molecule has 84 valence electrons. The minimum atomic E-state index is 0.185. The van der Waals surface area contributed by atoms with Crippen LogP contribution in [0, 0.1) is 6.92 Å². The van der Waals surface area contributed by atoms with E-state index in [4.69, 9.17) is 4.42 Å². The van der Waals surface area contributed by atoms with E-state index in [2.05, 4.69) is 22.2 Å². The van der Waals surface area contributed by atoms with Crippen molar-refractivity contribution in [3.05, 3.63) is 47.9 Å². The van der Waals surface area contributed by atoms with Crippen molar-refractivity contribution in [2.24, 2.45) is 0 Å². The first-order valence-corrected chi connectivity index (χ1v) is 5.31. The van der Waals surface area contributed by atoms with E-state index in [0.717, 1.165) is 17.3 Å². The van der Waals surface area contributed by atoms with Crippen LogP contribution in [0.4, 0.5) is 0 Å². The zero-order chi connectivity index (χ0) is 11.4. The van der Waals surface area contributed by atoms with Crippen LogP contribution in [0.15, 0.2) is 35.1 Å². The molecule has 16 heavy (non-hydrogen) atoms. The zero-order valence-corrected chi connectivity index (χ0v) is 9.47. The molecule has 0 bridgehead atoms. The van der Waals surface area contributed by atoms with E-state index < -0.39 is 0 Å². The van der Waals surface area contributed by atoms with Crippen LogP contribution in [0.2, 0.25) is 0 Å². The summed E-state index contributed by atoms with van der Waals surface area (Å²) in [5, 5.41) is 3.34. The van der Waals surface area contributed by atoms with Crippen molar-refractivity contribution in [1.29, 1.82) is 0 Å². The van der Waals surface area contributed by atoms with Crippen LogP contribution in [0.25, 0.3) is 0 Å². The second kappa shape index (κ2) is 4.90. The third-order valence-corrected chi connectivity index (χ3v) is 2.39. The first kappa shape index (κ1) is 10.8. The van der Waals surface area contributed by atoms with Gasteiger partial charge in [-0.25, -0.2) is 9.97 Å². The second-order valence-electron chi connectivity index (χ2n) is 3.71. The lowest BCUT2D eigenvalue weighted by Gasteiger charge is -2.10. The Kier molecular flexibility index (Phi) is 3.31. The molecular formula is C12H15N3O. The maximum Gasteiger partial charge on any atom is 0.125 e. The maximum atomic E-state index is 5.31. The molecule has 0 aromatic carbocycles. The molecule has 4 nitrogen and oxygen atoms in total. The molecule has 0 fully saturated rings. The van der Waals surface area contributed by atoms with Crippen LogP contribution >= 0.6 is 0 Å². The molecule has 0 radical (unpaired) electrons. The van der Waals surface area contributed by atoms with Gasteiger partial charge in [0.1, 0.15) is 11.6 Å². The minimum Gasteiger partial charge on any atom is -0.468 e. The largest absolute Gasteiger partial charge is 0.468 e. The smallest absolute Gasteiger partial charge is 0.125 e. The van der Waals surface area contributed by atoms with Crippen LogP contribution in [-0.2, 0) is 6.54 Å². The third kappa shape index (κ3) is 2.67. The first-order chi connectivity index (χ1) is 7.75. The third-order valence-electron chi connectivity index (χ3n) is 2.39. The Bertz CT molecular complexity index is 439. The summed E-state index contributed by atoms with van der Waals surface area (Å²) >= 11 is 0. The molecule has 0 aliphatic carbocycles. The lowest BCUT2D eigenvalue weighted by molar-refractivity contribution is 0.428. The molecule has 0 aliphatic heterocycles. The number of aromatic nitrogens is 2. The van der Waals surface area contributed by atoms with Crippen molar-refractivity contribution in [2.45, 2.75) is 26.4 Å². The predicted molar refractivity (Wildman–Crippen MR) is 60.7 cm³/mol. The van der Waals surface area contributed by atoms with Crippen molar-refractivity contribution in [3.8, 4) is 0 Å². The summed E-state index contributed by atoms with van der Waals surface area (Å²) in [4.78, 5) is 8.38. The van der Waals surface area contributed by atoms with Crippen LogP contribution in [0.1, 0.15) is 30.2 Å². The molecular weight excluding hydrogens is 202 g/mol. The number of hydrogen-bond acceptors (Lipinski definition) is 4. The molecule has 0 spiro atoms. The fourth-order valence-corrected chi connectivity index (χ4v) is 1.50. The molecule has 2 aromatic heterocycles. The Morgan fingerprint density at radius 1 is 1.44 bits per heavy atom. The van der Waals surface area contributed by atoms with E-state index in [9.17, 15) is 0 Å². The Morgan fingerprint density at radius 2 is 2.31 bits per heavy atom. The molecule has 0 amide bonds. The number of aryl methyl sites for hydroxylation is 1. The molecule has 4 heteroatoms. The summed E-state index contributed by atoms with van der Waals surface area (Å²) in [5.74, 6) is 1.73. The van der Waals surface area contributed by atoms with Crippen LogP contribution in [0.5, 0.6) is 0 Å². The number of nitrogens with zero attached hydrogens (tertiary/aromatic N) is 2. The van der Waals surface area contributed by atoms with Crippen LogP contribution in [0.3, 0.4) is 0 Å². The Morgan fingerprint density at radius 3 is 3.00 bits per heavy atom. The first-order valence-electron chi connectivity index (χ1n) is 5.31. The Labute approximate surface area is 94.7 Å². The van der Waals surface area contributed by atoms with Gasteiger partial charge in [-0.2, -0.15) is 0 Å². The molecule has 2 heterocycles. The summed E-state index contributed by atoms with van der Waals surface area (Å²) in [6.45, 7) is 4.66. The van der Waals surface area contributed by atoms with E-state index in [0.29, 0.717) is 6.54 Å². The van der Waals surface area contributed by atoms with Crippen molar-refractivity contribution < 1.29 is 4.42 Å². The van der Waals surface area contributed by atoms with Gasteiger partial charge in [-0.3, -0.25) is 0 Å². The summed E-state index contributed by atoms with van der Waals surface area (Å²) in [6, 6.07) is 5.95. The lowest BCUT2D eigenvalue weighted by atomic mass is 10.2. The standard InChI is InChI=1S/C12H15N3O/c1-9(12-4-3-7-16-12)14-8-11-5-6-13-10(2)15-11/h3-7,9,14H,8H2,1-2H3. The molecule has 1 atom stereocenters. The van der Waals surface area contributed by atoms with Crippen molar-refractivity contribution in [1.82, 2.24) is 15.3 Å². The molecule has 0 aliphatic rings. The van der Waals surface area contributed by atoms with E-state index in [-0.39, 0.29) is 6.04 Å². The Hall–Kier alpha value is -1.68. The number of nitrogens with one attached hydrogen (secondary N) is 1. The van der Waals surface area contributed by atoms with Gasteiger partial charge in [0.15, 0.2) is 0 Å². The van der Waals surface area contributed by atoms with E-state index in [1.54, 1.807) is 12.5 Å². The molecule has 2 rings (SSSR count). The predicted octanol–water partition coefficient (Wildman–Crippen LogP) is 2.23. The minimum absolute atomic E-state index is 0.185. The summed E-state index contributed by atoms with van der Waals surface area (Å²) < 4.78 is 5.31. The highest BCUT2D eigenvalue weighted by Gasteiger charge is 2.07. The van der Waals surface area contributed by atoms with Gasteiger partial charge >= 0.3 is 0 Å². The highest BCUT2D eigenvalue weighted by Crippen LogP contribution is 2.12. The van der Waals surface area contributed by atoms with Crippen LogP contribution in [-0.4, -0.2) is 9.97 Å². The number of rotatable bonds is 4. The van der Waals surface area contributed by atoms with E-state index in [1.807, 2.05) is 25.1 Å². The topological polar surface area (TPSA) is 51.0 Å². The van der Waals surface area contributed by atoms with Gasteiger partial charge < -0.3 is 9.73 Å². The Balaban J connectivity index is 1.92. The second-order valence-corrected chi connectivity index (χ2v) is 3.71. The average molecular weight is 217 g/mol. The van der Waals surface area contributed by atoms with Gasteiger partial charge in [-0.15, -0.1) is 0 Å². The zero-order valence-electron chi connectivity index (χ0n) is 9.47. The summed E-state index contributed by atoms with van der Waals surface area (Å²) in [7, 11) is 0. The van der Waals surface area contributed by atoms with Gasteiger partial charge in [0.25, 0.3) is 0 Å². The molecule has 0 saturated carbocycles. The molecule has 0 saturated heterocycles. The maximum absolute atomic E-state index is 5.31. The van der Waals surface area contributed by atoms with Gasteiger partial charge in [0, 0.05) is 12.7 Å². The average Bonchev–Trinajstić information content (AvgIpc) is 2.79. The van der Waals surface area contributed by atoms with E-state index in [1.165, 1.54) is 0 Å². The normalized spacial score (nSPS) is 12.6. The molecule has 1 N–H and O–H groups in total. The molecule has 1 unspecified atom stereocenters.